The van der Waals surface area contributed by atoms with Gasteiger partial charge in [0, 0.05) is 13.0 Å². The predicted octanol–water partition coefficient (Wildman–Crippen LogP) is 1.51. The molecule has 0 aromatic carbocycles. The molecule has 0 aromatic heterocycles. The Labute approximate surface area is 73.0 Å². The molecule has 1 heterocycles. The summed E-state index contributed by atoms with van der Waals surface area (Å²) in [5.74, 6) is -0.122. The second kappa shape index (κ2) is 5.14. The highest BCUT2D eigenvalue weighted by Gasteiger charge is 2.20. The van der Waals surface area contributed by atoms with Gasteiger partial charge in [-0.1, -0.05) is 13.3 Å². The number of rotatable bonds is 4. The monoisotopic (exact) mass is 172 g/mol. The van der Waals surface area contributed by atoms with E-state index in [2.05, 4.69) is 6.92 Å². The summed E-state index contributed by atoms with van der Waals surface area (Å²) in [4.78, 5) is 10.8. The van der Waals surface area contributed by atoms with Crippen molar-refractivity contribution >= 4 is 5.97 Å². The second-order valence-electron chi connectivity index (χ2n) is 3.06. The molecule has 1 atom stereocenters. The van der Waals surface area contributed by atoms with Gasteiger partial charge >= 0.3 is 5.97 Å². The van der Waals surface area contributed by atoms with Gasteiger partial charge in [0.05, 0.1) is 19.1 Å². The third kappa shape index (κ3) is 3.22. The minimum atomic E-state index is -0.122. The third-order valence-electron chi connectivity index (χ3n) is 1.95. The number of hydrogen-bond acceptors (Lipinski definition) is 3. The lowest BCUT2D eigenvalue weighted by molar-refractivity contribution is -0.154. The maximum atomic E-state index is 10.8. The molecule has 1 aliphatic rings. The van der Waals surface area contributed by atoms with Crippen molar-refractivity contribution in [3.63, 3.8) is 0 Å². The van der Waals surface area contributed by atoms with Crippen molar-refractivity contribution in [2.45, 2.75) is 38.7 Å². The molecule has 12 heavy (non-hydrogen) atoms. The Bertz CT molecular complexity index is 145. The van der Waals surface area contributed by atoms with Gasteiger partial charge in [-0.05, 0) is 6.42 Å². The van der Waals surface area contributed by atoms with E-state index in [-0.39, 0.29) is 12.1 Å². The molecule has 0 N–H and O–H groups in total. The summed E-state index contributed by atoms with van der Waals surface area (Å²) >= 11 is 0. The lowest BCUT2D eigenvalue weighted by Gasteiger charge is -2.21. The van der Waals surface area contributed by atoms with Gasteiger partial charge in [0.2, 0.25) is 0 Å². The zero-order valence-corrected chi connectivity index (χ0v) is 7.54. The minimum Gasteiger partial charge on any atom is -0.465 e. The van der Waals surface area contributed by atoms with Crippen molar-refractivity contribution in [2.24, 2.45) is 0 Å². The van der Waals surface area contributed by atoms with Crippen molar-refractivity contribution in [2.75, 3.05) is 13.2 Å². The van der Waals surface area contributed by atoms with Gasteiger partial charge in [-0.3, -0.25) is 4.79 Å². The van der Waals surface area contributed by atoms with Crippen LogP contribution in [0.3, 0.4) is 0 Å². The van der Waals surface area contributed by atoms with Crippen molar-refractivity contribution in [3.8, 4) is 0 Å². The van der Waals surface area contributed by atoms with Crippen LogP contribution in [0.5, 0.6) is 0 Å². The molecule has 0 amide bonds. The van der Waals surface area contributed by atoms with Gasteiger partial charge in [0.1, 0.15) is 0 Å². The normalized spacial score (nSPS) is 23.8. The number of unbranched alkanes of at least 4 members (excludes halogenated alkanes) is 1. The van der Waals surface area contributed by atoms with Crippen LogP contribution < -0.4 is 0 Å². The molecule has 0 aliphatic carbocycles. The molecule has 0 spiro atoms. The first-order valence-electron chi connectivity index (χ1n) is 4.60. The summed E-state index contributed by atoms with van der Waals surface area (Å²) in [6, 6.07) is 0. The smallest absolute Gasteiger partial charge is 0.308 e. The highest BCUT2D eigenvalue weighted by Crippen LogP contribution is 2.12. The van der Waals surface area contributed by atoms with E-state index in [0.717, 1.165) is 25.9 Å². The van der Waals surface area contributed by atoms with E-state index in [0.29, 0.717) is 13.0 Å². The number of ether oxygens (including phenoxy) is 2. The lowest BCUT2D eigenvalue weighted by atomic mass is 10.1. The average Bonchev–Trinajstić information content (AvgIpc) is 2.05. The van der Waals surface area contributed by atoms with Crippen LogP contribution in [-0.2, 0) is 14.3 Å². The molecule has 1 aliphatic heterocycles. The predicted molar refractivity (Wildman–Crippen MR) is 44.8 cm³/mol. The fourth-order valence-corrected chi connectivity index (χ4v) is 1.19. The first-order valence-corrected chi connectivity index (χ1v) is 4.60. The summed E-state index contributed by atoms with van der Waals surface area (Å²) in [6.07, 6.45) is 3.61. The van der Waals surface area contributed by atoms with Crippen molar-refractivity contribution in [1.29, 1.82) is 0 Å². The van der Waals surface area contributed by atoms with Crippen molar-refractivity contribution in [1.82, 2.24) is 0 Å². The molecule has 3 heteroatoms. The lowest BCUT2D eigenvalue weighted by Crippen LogP contribution is -2.27. The van der Waals surface area contributed by atoms with E-state index >= 15 is 0 Å². The van der Waals surface area contributed by atoms with Gasteiger partial charge < -0.3 is 9.47 Å². The summed E-state index contributed by atoms with van der Waals surface area (Å²) < 4.78 is 10.3. The van der Waals surface area contributed by atoms with E-state index in [1.807, 2.05) is 0 Å². The molecule has 70 valence electrons. The topological polar surface area (TPSA) is 35.5 Å². The van der Waals surface area contributed by atoms with Gasteiger partial charge in [-0.15, -0.1) is 0 Å². The van der Waals surface area contributed by atoms with E-state index in [1.54, 1.807) is 0 Å². The molecule has 0 bridgehead atoms. The number of carbonyl (C=O) groups excluding carboxylic acids is 1. The van der Waals surface area contributed by atoms with Crippen molar-refractivity contribution in [3.05, 3.63) is 0 Å². The highest BCUT2D eigenvalue weighted by molar-refractivity contribution is 5.70. The Morgan fingerprint density at radius 1 is 1.67 bits per heavy atom. The standard InChI is InChI=1S/C9H16O3/c1-2-3-5-11-8-4-6-12-9(10)7-8/h8H,2-7H2,1H3. The molecule has 0 saturated carbocycles. The van der Waals surface area contributed by atoms with E-state index in [1.165, 1.54) is 0 Å². The molecular formula is C9H16O3. The average molecular weight is 172 g/mol. The quantitative estimate of drug-likeness (QED) is 0.476. The van der Waals surface area contributed by atoms with Gasteiger partial charge in [0.15, 0.2) is 0 Å². The molecule has 1 saturated heterocycles. The van der Waals surface area contributed by atoms with E-state index in [4.69, 9.17) is 9.47 Å². The van der Waals surface area contributed by atoms with Gasteiger partial charge in [0.25, 0.3) is 0 Å². The largest absolute Gasteiger partial charge is 0.465 e. The SMILES string of the molecule is CCCCOC1CCOC(=O)C1. The van der Waals surface area contributed by atoms with Crippen LogP contribution in [0.25, 0.3) is 0 Å². The zero-order chi connectivity index (χ0) is 8.81. The van der Waals surface area contributed by atoms with E-state index in [9.17, 15) is 4.79 Å². The van der Waals surface area contributed by atoms with Crippen molar-refractivity contribution < 1.29 is 14.3 Å². The number of esters is 1. The second-order valence-corrected chi connectivity index (χ2v) is 3.06. The van der Waals surface area contributed by atoms with Crippen LogP contribution in [0.4, 0.5) is 0 Å². The molecule has 1 unspecified atom stereocenters. The maximum Gasteiger partial charge on any atom is 0.308 e. The Kier molecular flexibility index (Phi) is 4.08. The summed E-state index contributed by atoms with van der Waals surface area (Å²) in [7, 11) is 0. The fraction of sp³-hybridized carbons (Fsp3) is 0.889. The Morgan fingerprint density at radius 3 is 3.17 bits per heavy atom. The number of carbonyl (C=O) groups is 1. The first kappa shape index (κ1) is 9.52. The molecule has 0 radical (unpaired) electrons. The summed E-state index contributed by atoms with van der Waals surface area (Å²) in [5, 5.41) is 0. The number of cyclic esters (lactones) is 1. The summed E-state index contributed by atoms with van der Waals surface area (Å²) in [5.41, 5.74) is 0. The molecule has 3 nitrogen and oxygen atoms in total. The molecule has 1 rings (SSSR count). The third-order valence-corrected chi connectivity index (χ3v) is 1.95. The van der Waals surface area contributed by atoms with Gasteiger partial charge in [-0.2, -0.15) is 0 Å². The van der Waals surface area contributed by atoms with Crippen LogP contribution in [0.1, 0.15) is 32.6 Å². The minimum absolute atomic E-state index is 0.109. The van der Waals surface area contributed by atoms with Crippen LogP contribution >= 0.6 is 0 Å². The highest BCUT2D eigenvalue weighted by atomic mass is 16.5. The van der Waals surface area contributed by atoms with Crippen LogP contribution in [0.15, 0.2) is 0 Å². The Hall–Kier alpha value is -0.570. The Morgan fingerprint density at radius 2 is 2.50 bits per heavy atom. The van der Waals surface area contributed by atoms with Crippen LogP contribution in [0.2, 0.25) is 0 Å². The molecule has 0 aromatic rings. The molecular weight excluding hydrogens is 156 g/mol. The fourth-order valence-electron chi connectivity index (χ4n) is 1.19. The van der Waals surface area contributed by atoms with Gasteiger partial charge in [-0.25, -0.2) is 0 Å². The van der Waals surface area contributed by atoms with Crippen LogP contribution in [-0.4, -0.2) is 25.3 Å². The maximum absolute atomic E-state index is 10.8. The first-order chi connectivity index (χ1) is 5.83. The number of hydrogen-bond donors (Lipinski definition) is 0. The zero-order valence-electron chi connectivity index (χ0n) is 7.54. The van der Waals surface area contributed by atoms with Crippen LogP contribution in [0, 0.1) is 0 Å². The molecule has 1 fully saturated rings. The Balaban J connectivity index is 2.10. The summed E-state index contributed by atoms with van der Waals surface area (Å²) in [6.45, 7) is 3.42. The van der Waals surface area contributed by atoms with E-state index < -0.39 is 0 Å².